The molecule has 136 valence electrons. The molecule has 1 aliphatic heterocycles. The SMILES string of the molecule is CC(C)n1cnc(C(=O)NC[C@@H]2OCCN(C)[C@H]2c2cncn2C)c1. The van der Waals surface area contributed by atoms with E-state index in [-0.39, 0.29) is 24.1 Å². The van der Waals surface area contributed by atoms with Crippen LogP contribution < -0.4 is 5.32 Å². The maximum Gasteiger partial charge on any atom is 0.271 e. The Morgan fingerprint density at radius 2 is 2.20 bits per heavy atom. The van der Waals surface area contributed by atoms with Crippen LogP contribution in [0.25, 0.3) is 0 Å². The molecule has 0 spiro atoms. The zero-order valence-electron chi connectivity index (χ0n) is 15.2. The van der Waals surface area contributed by atoms with Crippen molar-refractivity contribution in [2.24, 2.45) is 7.05 Å². The lowest BCUT2D eigenvalue weighted by atomic mass is 10.0. The van der Waals surface area contributed by atoms with Crippen LogP contribution in [0.15, 0.2) is 25.0 Å². The van der Waals surface area contributed by atoms with Gasteiger partial charge < -0.3 is 19.2 Å². The second kappa shape index (κ2) is 7.37. The molecule has 1 saturated heterocycles. The smallest absolute Gasteiger partial charge is 0.271 e. The molecule has 0 aromatic carbocycles. The lowest BCUT2D eigenvalue weighted by Crippen LogP contribution is -2.48. The minimum absolute atomic E-state index is 0.0507. The Kier molecular flexibility index (Phi) is 5.19. The summed E-state index contributed by atoms with van der Waals surface area (Å²) in [5, 5.41) is 2.96. The Morgan fingerprint density at radius 1 is 1.40 bits per heavy atom. The number of aryl methyl sites for hydroxylation is 1. The molecule has 0 bridgehead atoms. The summed E-state index contributed by atoms with van der Waals surface area (Å²) < 4.78 is 9.86. The monoisotopic (exact) mass is 346 g/mol. The lowest BCUT2D eigenvalue weighted by Gasteiger charge is -2.39. The molecule has 2 aromatic rings. The number of imidazole rings is 2. The van der Waals surface area contributed by atoms with Gasteiger partial charge in [0, 0.05) is 38.6 Å². The first-order valence-electron chi connectivity index (χ1n) is 8.57. The molecule has 8 heteroatoms. The summed E-state index contributed by atoms with van der Waals surface area (Å²) in [4.78, 5) is 23.0. The number of aromatic nitrogens is 4. The first-order chi connectivity index (χ1) is 12.0. The summed E-state index contributed by atoms with van der Waals surface area (Å²) >= 11 is 0. The predicted octanol–water partition coefficient (Wildman–Crippen LogP) is 0.999. The topological polar surface area (TPSA) is 77.2 Å². The van der Waals surface area contributed by atoms with Crippen molar-refractivity contribution in [3.63, 3.8) is 0 Å². The first-order valence-corrected chi connectivity index (χ1v) is 8.57. The fraction of sp³-hybridized carbons (Fsp3) is 0.588. The number of nitrogens with zero attached hydrogens (tertiary/aromatic N) is 5. The number of rotatable bonds is 5. The van der Waals surface area contributed by atoms with Crippen molar-refractivity contribution in [1.82, 2.24) is 29.3 Å². The molecule has 1 aliphatic rings. The average molecular weight is 346 g/mol. The maximum atomic E-state index is 12.4. The van der Waals surface area contributed by atoms with Gasteiger partial charge in [0.1, 0.15) is 5.69 Å². The van der Waals surface area contributed by atoms with Crippen molar-refractivity contribution in [1.29, 1.82) is 0 Å². The molecular formula is C17H26N6O2. The third-order valence-electron chi connectivity index (χ3n) is 4.65. The normalized spacial score (nSPS) is 21.6. The van der Waals surface area contributed by atoms with Gasteiger partial charge in [0.05, 0.1) is 37.1 Å². The van der Waals surface area contributed by atoms with Gasteiger partial charge in [-0.1, -0.05) is 0 Å². The Balaban J connectivity index is 1.67. The summed E-state index contributed by atoms with van der Waals surface area (Å²) in [7, 11) is 4.04. The third kappa shape index (κ3) is 3.74. The van der Waals surface area contributed by atoms with E-state index in [1.165, 1.54) is 0 Å². The van der Waals surface area contributed by atoms with Crippen LogP contribution in [0.4, 0.5) is 0 Å². The highest BCUT2D eigenvalue weighted by Crippen LogP contribution is 2.27. The molecule has 0 saturated carbocycles. The minimum Gasteiger partial charge on any atom is -0.373 e. The van der Waals surface area contributed by atoms with E-state index in [9.17, 15) is 4.79 Å². The van der Waals surface area contributed by atoms with Gasteiger partial charge in [-0.15, -0.1) is 0 Å². The van der Waals surface area contributed by atoms with Crippen molar-refractivity contribution in [2.75, 3.05) is 26.7 Å². The first kappa shape index (κ1) is 17.6. The Labute approximate surface area is 147 Å². The lowest BCUT2D eigenvalue weighted by molar-refractivity contribution is -0.0626. The molecule has 0 unspecified atom stereocenters. The van der Waals surface area contributed by atoms with E-state index in [1.807, 2.05) is 36.2 Å². The Bertz CT molecular complexity index is 722. The fourth-order valence-corrected chi connectivity index (χ4v) is 3.12. The number of amides is 1. The summed E-state index contributed by atoms with van der Waals surface area (Å²) in [5.74, 6) is -0.181. The summed E-state index contributed by atoms with van der Waals surface area (Å²) in [5.41, 5.74) is 1.50. The number of hydrogen-bond acceptors (Lipinski definition) is 5. The van der Waals surface area contributed by atoms with Gasteiger partial charge in [0.15, 0.2) is 0 Å². The van der Waals surface area contributed by atoms with Gasteiger partial charge in [-0.3, -0.25) is 9.69 Å². The molecule has 2 aromatic heterocycles. The Hall–Kier alpha value is -2.19. The number of nitrogens with one attached hydrogen (secondary N) is 1. The number of carbonyl (C=O) groups is 1. The molecule has 2 atom stereocenters. The highest BCUT2D eigenvalue weighted by Gasteiger charge is 2.33. The summed E-state index contributed by atoms with van der Waals surface area (Å²) in [6.07, 6.45) is 6.96. The van der Waals surface area contributed by atoms with Crippen molar-refractivity contribution >= 4 is 5.91 Å². The zero-order valence-corrected chi connectivity index (χ0v) is 15.2. The quantitative estimate of drug-likeness (QED) is 0.874. The van der Waals surface area contributed by atoms with Crippen molar-refractivity contribution < 1.29 is 9.53 Å². The summed E-state index contributed by atoms with van der Waals surface area (Å²) in [6, 6.07) is 0.327. The molecule has 3 rings (SSSR count). The zero-order chi connectivity index (χ0) is 18.0. The predicted molar refractivity (Wildman–Crippen MR) is 93.3 cm³/mol. The van der Waals surface area contributed by atoms with E-state index in [2.05, 4.69) is 27.2 Å². The second-order valence-electron chi connectivity index (χ2n) is 6.77. The molecular weight excluding hydrogens is 320 g/mol. The second-order valence-corrected chi connectivity index (χ2v) is 6.77. The summed E-state index contributed by atoms with van der Waals surface area (Å²) in [6.45, 7) is 6.02. The van der Waals surface area contributed by atoms with Gasteiger partial charge >= 0.3 is 0 Å². The van der Waals surface area contributed by atoms with Crippen LogP contribution in [-0.4, -0.2) is 62.8 Å². The fourth-order valence-electron chi connectivity index (χ4n) is 3.12. The van der Waals surface area contributed by atoms with Gasteiger partial charge in [-0.25, -0.2) is 9.97 Å². The molecule has 8 nitrogen and oxygen atoms in total. The number of ether oxygens (including phenoxy) is 1. The molecule has 1 N–H and O–H groups in total. The maximum absolute atomic E-state index is 12.4. The minimum atomic E-state index is -0.181. The molecule has 1 fully saturated rings. The van der Waals surface area contributed by atoms with E-state index in [0.29, 0.717) is 18.8 Å². The molecule has 3 heterocycles. The molecule has 1 amide bonds. The van der Waals surface area contributed by atoms with Crippen LogP contribution >= 0.6 is 0 Å². The van der Waals surface area contributed by atoms with E-state index in [0.717, 1.165) is 12.2 Å². The molecule has 25 heavy (non-hydrogen) atoms. The number of hydrogen-bond donors (Lipinski definition) is 1. The van der Waals surface area contributed by atoms with Crippen LogP contribution in [-0.2, 0) is 11.8 Å². The van der Waals surface area contributed by atoms with Gasteiger partial charge in [-0.05, 0) is 20.9 Å². The van der Waals surface area contributed by atoms with Crippen LogP contribution in [0.3, 0.4) is 0 Å². The van der Waals surface area contributed by atoms with Gasteiger partial charge in [0.2, 0.25) is 0 Å². The third-order valence-corrected chi connectivity index (χ3v) is 4.65. The van der Waals surface area contributed by atoms with E-state index in [4.69, 9.17) is 4.74 Å². The van der Waals surface area contributed by atoms with Crippen LogP contribution in [0.1, 0.15) is 42.1 Å². The van der Waals surface area contributed by atoms with Gasteiger partial charge in [0.25, 0.3) is 5.91 Å². The van der Waals surface area contributed by atoms with Crippen molar-refractivity contribution in [2.45, 2.75) is 32.0 Å². The van der Waals surface area contributed by atoms with Crippen LogP contribution in [0, 0.1) is 0 Å². The average Bonchev–Trinajstić information content (AvgIpc) is 3.22. The molecule has 0 radical (unpaired) electrons. The van der Waals surface area contributed by atoms with Gasteiger partial charge in [-0.2, -0.15) is 0 Å². The number of carbonyl (C=O) groups excluding carboxylic acids is 1. The number of morpholine rings is 1. The van der Waals surface area contributed by atoms with Crippen molar-refractivity contribution in [3.05, 3.63) is 36.4 Å². The highest BCUT2D eigenvalue weighted by molar-refractivity contribution is 5.92. The Morgan fingerprint density at radius 3 is 2.84 bits per heavy atom. The van der Waals surface area contributed by atoms with E-state index in [1.54, 1.807) is 18.9 Å². The van der Waals surface area contributed by atoms with Crippen molar-refractivity contribution in [3.8, 4) is 0 Å². The van der Waals surface area contributed by atoms with E-state index >= 15 is 0 Å². The standard InChI is InChI=1S/C17H26N6O2/c1-12(2)23-9-13(20-11-23)17(24)19-8-15-16(21(3)5-6-25-15)14-7-18-10-22(14)4/h7,9-12,15-16H,5-6,8H2,1-4H3,(H,19,24)/t15-,16-/m0/s1. The largest absolute Gasteiger partial charge is 0.373 e. The van der Waals surface area contributed by atoms with Crippen LogP contribution in [0.2, 0.25) is 0 Å². The van der Waals surface area contributed by atoms with Crippen LogP contribution in [0.5, 0.6) is 0 Å². The highest BCUT2D eigenvalue weighted by atomic mass is 16.5. The molecule has 0 aliphatic carbocycles. The van der Waals surface area contributed by atoms with E-state index < -0.39 is 0 Å². The number of likely N-dealkylation sites (N-methyl/N-ethyl adjacent to an activating group) is 1.